The molecule has 0 aliphatic carbocycles. The van der Waals surface area contributed by atoms with Gasteiger partial charge in [-0.1, -0.05) is 48.2 Å². The van der Waals surface area contributed by atoms with Crippen LogP contribution in [0, 0.1) is 6.92 Å². The van der Waals surface area contributed by atoms with E-state index in [0.29, 0.717) is 35.8 Å². The van der Waals surface area contributed by atoms with Gasteiger partial charge in [0.15, 0.2) is 5.13 Å². The van der Waals surface area contributed by atoms with Crippen molar-refractivity contribution in [3.63, 3.8) is 0 Å². The number of rotatable bonds is 9. The van der Waals surface area contributed by atoms with Crippen molar-refractivity contribution in [2.45, 2.75) is 13.0 Å². The third-order valence-corrected chi connectivity index (χ3v) is 6.12. The van der Waals surface area contributed by atoms with Gasteiger partial charge in [0.1, 0.15) is 24.3 Å². The predicted octanol–water partition coefficient (Wildman–Crippen LogP) is 2.56. The Morgan fingerprint density at radius 1 is 1.31 bits per heavy atom. The van der Waals surface area contributed by atoms with E-state index in [4.69, 9.17) is 9.47 Å². The second-order valence-corrected chi connectivity index (χ2v) is 8.66. The lowest BCUT2D eigenvalue weighted by atomic mass is 10.2. The van der Waals surface area contributed by atoms with Crippen molar-refractivity contribution in [1.82, 2.24) is 25.2 Å². The van der Waals surface area contributed by atoms with E-state index in [0.717, 1.165) is 10.4 Å². The molecule has 1 saturated heterocycles. The Morgan fingerprint density at radius 3 is 2.94 bits per heavy atom. The molecule has 2 aromatic heterocycles. The van der Waals surface area contributed by atoms with Crippen LogP contribution in [0.15, 0.2) is 55.3 Å². The molecule has 2 amide bonds. The van der Waals surface area contributed by atoms with Gasteiger partial charge in [-0.2, -0.15) is 4.98 Å². The fourth-order valence-corrected chi connectivity index (χ4v) is 4.33. The Hall–Kier alpha value is -3.83. The van der Waals surface area contributed by atoms with Crippen molar-refractivity contribution in [2.75, 3.05) is 38.2 Å². The second-order valence-electron chi connectivity index (χ2n) is 7.63. The number of nitrogens with one attached hydrogen (secondary N) is 2. The number of amides is 2. The minimum Gasteiger partial charge on any atom is -0.476 e. The number of morpholine rings is 1. The van der Waals surface area contributed by atoms with E-state index in [9.17, 15) is 9.59 Å². The lowest BCUT2D eigenvalue weighted by Gasteiger charge is -2.33. The van der Waals surface area contributed by atoms with Gasteiger partial charge >= 0.3 is 0 Å². The smallest absolute Gasteiger partial charge is 0.246 e. The minimum absolute atomic E-state index is 0.148. The van der Waals surface area contributed by atoms with Crippen molar-refractivity contribution in [2.24, 2.45) is 0 Å². The van der Waals surface area contributed by atoms with Crippen molar-refractivity contribution in [3.05, 3.63) is 61.1 Å². The number of nitrogens with zero attached hydrogens (tertiary/aromatic N) is 4. The maximum Gasteiger partial charge on any atom is 0.246 e. The van der Waals surface area contributed by atoms with Crippen LogP contribution in [0.1, 0.15) is 5.82 Å². The number of anilines is 2. The monoisotopic (exact) mass is 494 g/mol. The van der Waals surface area contributed by atoms with E-state index in [-0.39, 0.29) is 31.6 Å². The average Bonchev–Trinajstić information content (AvgIpc) is 3.34. The number of thiazole rings is 1. The maximum absolute atomic E-state index is 12.5. The molecule has 182 valence electrons. The first-order valence-corrected chi connectivity index (χ1v) is 11.9. The molecule has 1 aliphatic rings. The van der Waals surface area contributed by atoms with Crippen LogP contribution < -0.4 is 15.4 Å². The van der Waals surface area contributed by atoms with Gasteiger partial charge < -0.3 is 25.0 Å². The SMILES string of the molecule is C=CC(=O)N1CCOC[C@H]1C(=O)NCCOc1cc(Nc2ncc(-c3ccccc3)s2)nc(C)n1. The normalized spacial score (nSPS) is 15.3. The van der Waals surface area contributed by atoms with E-state index in [2.05, 4.69) is 32.2 Å². The van der Waals surface area contributed by atoms with Crippen LogP contribution in [0.4, 0.5) is 10.9 Å². The first kappa shape index (κ1) is 24.3. The quantitative estimate of drug-likeness (QED) is 0.344. The molecule has 1 aromatic carbocycles. The third-order valence-electron chi connectivity index (χ3n) is 5.15. The third kappa shape index (κ3) is 6.40. The molecule has 11 heteroatoms. The summed E-state index contributed by atoms with van der Waals surface area (Å²) in [5.41, 5.74) is 1.10. The molecule has 3 heterocycles. The molecule has 1 atom stereocenters. The summed E-state index contributed by atoms with van der Waals surface area (Å²) < 4.78 is 11.1. The highest BCUT2D eigenvalue weighted by Crippen LogP contribution is 2.30. The number of hydrogen-bond donors (Lipinski definition) is 2. The Morgan fingerprint density at radius 2 is 2.14 bits per heavy atom. The van der Waals surface area contributed by atoms with Gasteiger partial charge in [0, 0.05) is 18.8 Å². The van der Waals surface area contributed by atoms with Crippen molar-refractivity contribution in [3.8, 4) is 16.3 Å². The standard InChI is InChI=1S/C24H26N6O4S/c1-3-22(31)30-10-12-33-15-18(30)23(32)25-9-11-34-21-13-20(27-16(2)28-21)29-24-26-14-19(35-24)17-7-5-4-6-8-17/h3-8,13-14,18H,1,9-12,15H2,2H3,(H,25,32)(H,26,27,28,29)/t18-/m0/s1. The van der Waals surface area contributed by atoms with Crippen molar-refractivity contribution >= 4 is 34.1 Å². The van der Waals surface area contributed by atoms with Gasteiger partial charge in [0.2, 0.25) is 17.7 Å². The summed E-state index contributed by atoms with van der Waals surface area (Å²) in [5, 5.41) is 6.68. The highest BCUT2D eigenvalue weighted by Gasteiger charge is 2.31. The van der Waals surface area contributed by atoms with Gasteiger partial charge in [-0.05, 0) is 18.6 Å². The van der Waals surface area contributed by atoms with Gasteiger partial charge in [-0.3, -0.25) is 9.59 Å². The molecule has 35 heavy (non-hydrogen) atoms. The zero-order valence-electron chi connectivity index (χ0n) is 19.3. The molecule has 0 spiro atoms. The highest BCUT2D eigenvalue weighted by atomic mass is 32.1. The zero-order chi connectivity index (χ0) is 24.6. The maximum atomic E-state index is 12.5. The molecular formula is C24H26N6O4S. The van der Waals surface area contributed by atoms with Crippen LogP contribution >= 0.6 is 11.3 Å². The number of aryl methyl sites for hydroxylation is 1. The van der Waals surface area contributed by atoms with Crippen molar-refractivity contribution < 1.29 is 19.1 Å². The molecule has 3 aromatic rings. The number of carbonyl (C=O) groups excluding carboxylic acids is 2. The summed E-state index contributed by atoms with van der Waals surface area (Å²) in [7, 11) is 0. The number of aromatic nitrogens is 3. The van der Waals surface area contributed by atoms with Crippen LogP contribution in [0.3, 0.4) is 0 Å². The summed E-state index contributed by atoms with van der Waals surface area (Å²) in [4.78, 5) is 40.1. The number of ether oxygens (including phenoxy) is 2. The van der Waals surface area contributed by atoms with Crippen LogP contribution in [0.5, 0.6) is 5.88 Å². The molecule has 1 aliphatic heterocycles. The van der Waals surface area contributed by atoms with Crippen LogP contribution in [0.2, 0.25) is 0 Å². The van der Waals surface area contributed by atoms with Crippen LogP contribution in [0.25, 0.3) is 10.4 Å². The van der Waals surface area contributed by atoms with Crippen molar-refractivity contribution in [1.29, 1.82) is 0 Å². The molecular weight excluding hydrogens is 468 g/mol. The van der Waals surface area contributed by atoms with E-state index in [1.165, 1.54) is 22.3 Å². The summed E-state index contributed by atoms with van der Waals surface area (Å²) in [6.07, 6.45) is 3.02. The minimum atomic E-state index is -0.689. The largest absolute Gasteiger partial charge is 0.476 e. The van der Waals surface area contributed by atoms with E-state index in [1.54, 1.807) is 13.0 Å². The molecule has 0 saturated carbocycles. The number of hydrogen-bond acceptors (Lipinski definition) is 9. The molecule has 10 nitrogen and oxygen atoms in total. The zero-order valence-corrected chi connectivity index (χ0v) is 20.1. The Balaban J connectivity index is 1.30. The summed E-state index contributed by atoms with van der Waals surface area (Å²) in [5.74, 6) is 0.869. The van der Waals surface area contributed by atoms with Gasteiger partial charge in [0.05, 0.1) is 24.6 Å². The lowest BCUT2D eigenvalue weighted by Crippen LogP contribution is -2.55. The molecule has 0 radical (unpaired) electrons. The Labute approximate surface area is 207 Å². The highest BCUT2D eigenvalue weighted by molar-refractivity contribution is 7.18. The molecule has 0 bridgehead atoms. The van der Waals surface area contributed by atoms with E-state index >= 15 is 0 Å². The van der Waals surface area contributed by atoms with Crippen LogP contribution in [-0.2, 0) is 14.3 Å². The molecule has 4 rings (SSSR count). The Bertz CT molecular complexity index is 1190. The summed E-state index contributed by atoms with van der Waals surface area (Å²) in [6, 6.07) is 11.0. The molecule has 2 N–H and O–H groups in total. The topological polar surface area (TPSA) is 119 Å². The van der Waals surface area contributed by atoms with Crippen LogP contribution in [-0.4, -0.2) is 70.6 Å². The fraction of sp³-hybridized carbons (Fsp3) is 0.292. The van der Waals surface area contributed by atoms with Gasteiger partial charge in [-0.25, -0.2) is 9.97 Å². The van der Waals surface area contributed by atoms with E-state index in [1.807, 2.05) is 36.5 Å². The summed E-state index contributed by atoms with van der Waals surface area (Å²) >= 11 is 1.52. The van der Waals surface area contributed by atoms with Gasteiger partial charge in [0.25, 0.3) is 0 Å². The van der Waals surface area contributed by atoms with E-state index < -0.39 is 6.04 Å². The Kier molecular flexibility index (Phi) is 8.01. The first-order chi connectivity index (χ1) is 17.0. The van der Waals surface area contributed by atoms with Gasteiger partial charge in [-0.15, -0.1) is 0 Å². The lowest BCUT2D eigenvalue weighted by molar-refractivity contribution is -0.145. The number of benzene rings is 1. The molecule has 1 fully saturated rings. The summed E-state index contributed by atoms with van der Waals surface area (Å²) in [6.45, 7) is 6.58. The first-order valence-electron chi connectivity index (χ1n) is 11.1. The number of carbonyl (C=O) groups is 2. The fourth-order valence-electron chi connectivity index (χ4n) is 3.51. The average molecular weight is 495 g/mol. The predicted molar refractivity (Wildman–Crippen MR) is 133 cm³/mol. The second kappa shape index (κ2) is 11.5. The molecule has 0 unspecified atom stereocenters.